The van der Waals surface area contributed by atoms with Gasteiger partial charge < -0.3 is 25.3 Å². The molecule has 38 heavy (non-hydrogen) atoms. The van der Waals surface area contributed by atoms with Crippen LogP contribution in [0.15, 0.2) is 36.8 Å². The Kier molecular flexibility index (Phi) is 7.30. The number of amides is 1. The molecule has 3 N–H and O–H groups in total. The van der Waals surface area contributed by atoms with Crippen molar-refractivity contribution >= 4 is 34.1 Å². The third-order valence-electron chi connectivity index (χ3n) is 7.16. The van der Waals surface area contributed by atoms with Gasteiger partial charge in [-0.1, -0.05) is 12.1 Å². The second-order valence-electron chi connectivity index (χ2n) is 9.69. The van der Waals surface area contributed by atoms with Crippen LogP contribution in [0.4, 0.5) is 17.3 Å². The molecule has 3 aromatic heterocycles. The summed E-state index contributed by atoms with van der Waals surface area (Å²) in [5.74, 6) is 0.916. The molecule has 4 aromatic rings. The Balaban J connectivity index is 1.40. The lowest BCUT2D eigenvalue weighted by Gasteiger charge is -2.35. The van der Waals surface area contributed by atoms with Gasteiger partial charge in [0.15, 0.2) is 0 Å². The molecule has 1 amide bonds. The third-order valence-corrected chi connectivity index (χ3v) is 7.16. The van der Waals surface area contributed by atoms with Crippen molar-refractivity contribution in [3.05, 3.63) is 42.4 Å². The highest BCUT2D eigenvalue weighted by Crippen LogP contribution is 2.34. The smallest absolute Gasteiger partial charge is 0.256 e. The summed E-state index contributed by atoms with van der Waals surface area (Å²) in [4.78, 5) is 30.3. The maximum absolute atomic E-state index is 13.1. The monoisotopic (exact) mass is 517 g/mol. The van der Waals surface area contributed by atoms with Crippen molar-refractivity contribution in [1.29, 1.82) is 0 Å². The van der Waals surface area contributed by atoms with E-state index < -0.39 is 0 Å². The molecule has 1 aliphatic rings. The predicted molar refractivity (Wildman–Crippen MR) is 149 cm³/mol. The zero-order valence-electron chi connectivity index (χ0n) is 22.6. The molecule has 1 fully saturated rings. The second kappa shape index (κ2) is 10.8. The Morgan fingerprint density at radius 3 is 2.74 bits per heavy atom. The average Bonchev–Trinajstić information content (AvgIpc) is 3.54. The zero-order valence-corrected chi connectivity index (χ0v) is 22.6. The minimum absolute atomic E-state index is 0.00974. The van der Waals surface area contributed by atoms with Crippen LogP contribution < -0.4 is 15.4 Å². The van der Waals surface area contributed by atoms with Crippen molar-refractivity contribution in [3.8, 4) is 17.1 Å². The first-order valence-electron chi connectivity index (χ1n) is 12.9. The van der Waals surface area contributed by atoms with Gasteiger partial charge in [-0.2, -0.15) is 0 Å². The number of carbonyl (C=O) groups excluding carboxylic acids is 1. The fourth-order valence-corrected chi connectivity index (χ4v) is 4.76. The number of hydrogen-bond donors (Lipinski definition) is 3. The van der Waals surface area contributed by atoms with Crippen LogP contribution in [-0.4, -0.2) is 86.8 Å². The van der Waals surface area contributed by atoms with E-state index in [1.165, 1.54) is 0 Å². The number of nitrogens with zero attached hydrogens (tertiary/aromatic N) is 6. The van der Waals surface area contributed by atoms with Crippen LogP contribution in [0, 0.1) is 6.92 Å². The number of aryl methyl sites for hydroxylation is 2. The molecule has 11 nitrogen and oxygen atoms in total. The van der Waals surface area contributed by atoms with E-state index in [9.17, 15) is 4.79 Å². The molecule has 0 bridgehead atoms. The van der Waals surface area contributed by atoms with Gasteiger partial charge in [0, 0.05) is 56.1 Å². The summed E-state index contributed by atoms with van der Waals surface area (Å²) >= 11 is 0. The lowest BCUT2D eigenvalue weighted by atomic mass is 10.1. The molecule has 1 atom stereocenters. The summed E-state index contributed by atoms with van der Waals surface area (Å²) in [7, 11) is 3.70. The van der Waals surface area contributed by atoms with Crippen LogP contribution in [0.3, 0.4) is 0 Å². The van der Waals surface area contributed by atoms with E-state index in [1.54, 1.807) is 18.0 Å². The number of aromatic nitrogens is 5. The van der Waals surface area contributed by atoms with Gasteiger partial charge in [0.25, 0.3) is 5.88 Å². The van der Waals surface area contributed by atoms with Crippen molar-refractivity contribution in [2.24, 2.45) is 0 Å². The Hall–Kier alpha value is -3.96. The minimum Gasteiger partial charge on any atom is -0.478 e. The lowest BCUT2D eigenvalue weighted by molar-refractivity contribution is -0.121. The van der Waals surface area contributed by atoms with Gasteiger partial charge in [-0.25, -0.2) is 9.97 Å². The van der Waals surface area contributed by atoms with Crippen molar-refractivity contribution in [3.63, 3.8) is 0 Å². The quantitative estimate of drug-likeness (QED) is 0.325. The number of para-hydroxylation sites is 1. The number of nitrogens with one attached hydrogen (secondary N) is 3. The van der Waals surface area contributed by atoms with E-state index in [2.05, 4.69) is 42.5 Å². The van der Waals surface area contributed by atoms with Crippen LogP contribution in [-0.2, 0) is 11.3 Å². The normalized spacial score (nSPS) is 15.5. The van der Waals surface area contributed by atoms with Crippen molar-refractivity contribution < 1.29 is 9.53 Å². The van der Waals surface area contributed by atoms with Crippen LogP contribution in [0.25, 0.3) is 22.2 Å². The molecule has 1 saturated heterocycles. The van der Waals surface area contributed by atoms with Crippen LogP contribution >= 0.6 is 0 Å². The van der Waals surface area contributed by atoms with E-state index in [0.29, 0.717) is 17.5 Å². The summed E-state index contributed by atoms with van der Waals surface area (Å²) < 4.78 is 7.18. The maximum atomic E-state index is 13.1. The highest BCUT2D eigenvalue weighted by atomic mass is 16.5. The number of methoxy groups -OCH3 is 1. The van der Waals surface area contributed by atoms with E-state index in [4.69, 9.17) is 9.72 Å². The van der Waals surface area contributed by atoms with Crippen LogP contribution in [0.2, 0.25) is 0 Å². The number of hydrogen-bond acceptors (Lipinski definition) is 8. The molecule has 11 heteroatoms. The highest BCUT2D eigenvalue weighted by Gasteiger charge is 2.25. The maximum Gasteiger partial charge on any atom is 0.256 e. The topological polar surface area (TPSA) is 116 Å². The molecular formula is C27H35N9O2. The molecule has 200 valence electrons. The Morgan fingerprint density at radius 2 is 2.00 bits per heavy atom. The van der Waals surface area contributed by atoms with Gasteiger partial charge in [-0.15, -0.1) is 5.10 Å². The molecule has 0 radical (unpaired) electrons. The molecule has 5 rings (SSSR count). The number of ether oxygens (including phenoxy) is 1. The molecule has 1 unspecified atom stereocenters. The molecule has 1 aromatic carbocycles. The van der Waals surface area contributed by atoms with Gasteiger partial charge in [0.2, 0.25) is 11.9 Å². The van der Waals surface area contributed by atoms with Crippen molar-refractivity contribution in [1.82, 2.24) is 34.5 Å². The summed E-state index contributed by atoms with van der Waals surface area (Å²) in [6.07, 6.45) is 5.59. The molecule has 0 aliphatic carbocycles. The number of likely N-dealkylation sites (N-methyl/N-ethyl adjacent to an activating group) is 1. The number of fused-ring (bicyclic) bond motifs is 1. The lowest BCUT2D eigenvalue weighted by Crippen LogP contribution is -2.51. The summed E-state index contributed by atoms with van der Waals surface area (Å²) in [5, 5.41) is 11.7. The van der Waals surface area contributed by atoms with E-state index in [1.807, 2.05) is 51.4 Å². The Bertz CT molecular complexity index is 1440. The molecule has 0 spiro atoms. The van der Waals surface area contributed by atoms with Gasteiger partial charge in [0.05, 0.1) is 36.2 Å². The summed E-state index contributed by atoms with van der Waals surface area (Å²) in [6.45, 7) is 10.4. The fraction of sp³-hybridized carbons (Fsp3) is 0.407. The van der Waals surface area contributed by atoms with Crippen molar-refractivity contribution in [2.75, 3.05) is 51.0 Å². The van der Waals surface area contributed by atoms with Gasteiger partial charge in [-0.05, 0) is 39.4 Å². The number of anilines is 3. The highest BCUT2D eigenvalue weighted by molar-refractivity contribution is 6.06. The first kappa shape index (κ1) is 25.7. The number of H-pyrrole nitrogens is 1. The Morgan fingerprint density at radius 1 is 1.21 bits per heavy atom. The van der Waals surface area contributed by atoms with Crippen molar-refractivity contribution in [2.45, 2.75) is 33.4 Å². The van der Waals surface area contributed by atoms with E-state index in [0.717, 1.165) is 66.1 Å². The van der Waals surface area contributed by atoms with Gasteiger partial charge >= 0.3 is 0 Å². The van der Waals surface area contributed by atoms with Crippen LogP contribution in [0.5, 0.6) is 5.88 Å². The van der Waals surface area contributed by atoms with Gasteiger partial charge in [-0.3, -0.25) is 14.4 Å². The molecule has 0 saturated carbocycles. The molecule has 1 aliphatic heterocycles. The minimum atomic E-state index is -0.208. The van der Waals surface area contributed by atoms with E-state index in [-0.39, 0.29) is 11.9 Å². The number of benzene rings is 1. The van der Waals surface area contributed by atoms with Crippen LogP contribution in [0.1, 0.15) is 19.4 Å². The number of piperazine rings is 1. The molecular weight excluding hydrogens is 482 g/mol. The summed E-state index contributed by atoms with van der Waals surface area (Å²) in [5.41, 5.74) is 4.97. The second-order valence-corrected chi connectivity index (χ2v) is 9.69. The average molecular weight is 518 g/mol. The predicted octanol–water partition coefficient (Wildman–Crippen LogP) is 3.48. The number of aromatic amines is 1. The zero-order chi connectivity index (χ0) is 26.8. The van der Waals surface area contributed by atoms with E-state index >= 15 is 0 Å². The fourth-order valence-electron chi connectivity index (χ4n) is 4.76. The first-order chi connectivity index (χ1) is 18.4. The first-order valence-corrected chi connectivity index (χ1v) is 12.9. The third kappa shape index (κ3) is 5.07. The van der Waals surface area contributed by atoms with Gasteiger partial charge in [0.1, 0.15) is 5.69 Å². The number of carbonyl (C=O) groups is 1. The standard InChI is InChI=1S/C27H35N9O2/c1-6-36-16-22(26(33-36)38-5)31-27-29-14-17(2)23(32-27)20-15-28-24-19(20)8-7-9-21(24)30-25(37)18(3)35-12-10-34(4)11-13-35/h7-9,14-16,18,28H,6,10-13H2,1-5H3,(H,30,37)(H,29,31,32). The number of rotatable bonds is 8. The largest absolute Gasteiger partial charge is 0.478 e. The SMILES string of the molecule is CCn1cc(Nc2ncc(C)c(-c3c[nH]c4c(NC(=O)C(C)N5CCN(C)CC5)cccc34)n2)c(OC)n1. The summed E-state index contributed by atoms with van der Waals surface area (Å²) in [6, 6.07) is 5.70. The Labute approximate surface area is 222 Å². The molecule has 4 heterocycles.